The Balaban J connectivity index is 1.59. The summed E-state index contributed by atoms with van der Waals surface area (Å²) in [6.45, 7) is 2.12. The molecule has 44 heavy (non-hydrogen) atoms. The average molecular weight is 726 g/mol. The maximum absolute atomic E-state index is 13.6. The Hall–Kier alpha value is -3.57. The number of benzene rings is 4. The van der Waals surface area contributed by atoms with Gasteiger partial charge in [0, 0.05) is 31.2 Å². The fourth-order valence-electron chi connectivity index (χ4n) is 4.26. The fraction of sp³-hybridized carbons (Fsp3) is 0.129. The highest BCUT2D eigenvalue weighted by Crippen LogP contribution is 2.43. The second kappa shape index (κ2) is 13.2. The predicted molar refractivity (Wildman–Crippen MR) is 171 cm³/mol. The van der Waals surface area contributed by atoms with Crippen LogP contribution < -0.4 is 15.0 Å². The van der Waals surface area contributed by atoms with E-state index in [9.17, 15) is 18.0 Å². The predicted octanol–water partition coefficient (Wildman–Crippen LogP) is 9.66. The molecule has 0 spiro atoms. The van der Waals surface area contributed by atoms with Crippen molar-refractivity contribution in [3.63, 3.8) is 0 Å². The van der Waals surface area contributed by atoms with Gasteiger partial charge >= 0.3 is 6.18 Å². The quantitative estimate of drug-likeness (QED) is 0.150. The molecule has 0 N–H and O–H groups in total. The molecule has 1 heterocycles. The smallest absolute Gasteiger partial charge is 0.416 e. The number of alkyl halides is 3. The molecular formula is C31H20BrCl3F3N3O3. The van der Waals surface area contributed by atoms with Crippen LogP contribution in [-0.2, 0) is 12.8 Å². The first-order valence-corrected chi connectivity index (χ1v) is 14.9. The maximum Gasteiger partial charge on any atom is 0.416 e. The molecule has 0 saturated heterocycles. The molecule has 1 aromatic heterocycles. The molecule has 0 radical (unpaired) electrons. The largest absolute Gasteiger partial charge is 0.490 e. The minimum atomic E-state index is -4.60. The number of hydrogen-bond donors (Lipinski definition) is 0. The number of halogens is 7. The molecular weight excluding hydrogens is 706 g/mol. The highest BCUT2D eigenvalue weighted by molar-refractivity contribution is 9.10. The zero-order valence-corrected chi connectivity index (χ0v) is 26.5. The molecule has 0 saturated carbocycles. The van der Waals surface area contributed by atoms with E-state index in [1.165, 1.54) is 18.3 Å². The lowest BCUT2D eigenvalue weighted by atomic mass is 10.1. The van der Waals surface area contributed by atoms with E-state index < -0.39 is 17.3 Å². The van der Waals surface area contributed by atoms with E-state index in [-0.39, 0.29) is 46.5 Å². The minimum Gasteiger partial charge on any atom is -0.490 e. The van der Waals surface area contributed by atoms with Gasteiger partial charge in [-0.2, -0.15) is 22.9 Å². The Morgan fingerprint density at radius 3 is 2.50 bits per heavy atom. The number of ether oxygens (including phenoxy) is 2. The van der Waals surface area contributed by atoms with Crippen molar-refractivity contribution in [3.8, 4) is 22.9 Å². The Morgan fingerprint density at radius 2 is 1.77 bits per heavy atom. The van der Waals surface area contributed by atoms with E-state index in [0.29, 0.717) is 31.2 Å². The molecule has 226 valence electrons. The Labute approximate surface area is 272 Å². The Morgan fingerprint density at radius 1 is 1.00 bits per heavy atom. The van der Waals surface area contributed by atoms with Crippen molar-refractivity contribution in [1.29, 1.82) is 0 Å². The van der Waals surface area contributed by atoms with Gasteiger partial charge in [-0.3, -0.25) is 4.79 Å². The fourth-order valence-corrected chi connectivity index (χ4v) is 5.37. The third kappa shape index (κ3) is 6.73. The first-order chi connectivity index (χ1) is 21.0. The second-order valence-electron chi connectivity index (χ2n) is 9.27. The summed E-state index contributed by atoms with van der Waals surface area (Å²) in [5.74, 6) is 0.440. The summed E-state index contributed by atoms with van der Waals surface area (Å²) in [6, 6.07) is 17.6. The summed E-state index contributed by atoms with van der Waals surface area (Å²) >= 11 is 22.4. The highest BCUT2D eigenvalue weighted by atomic mass is 79.9. The Bertz CT molecular complexity index is 1970. The van der Waals surface area contributed by atoms with Gasteiger partial charge in [-0.05, 0) is 65.3 Å². The number of rotatable bonds is 8. The summed E-state index contributed by atoms with van der Waals surface area (Å²) in [5.41, 5.74) is -0.0457. The lowest BCUT2D eigenvalue weighted by molar-refractivity contribution is -0.137. The normalized spacial score (nSPS) is 11.8. The van der Waals surface area contributed by atoms with Crippen LogP contribution in [0.2, 0.25) is 15.1 Å². The van der Waals surface area contributed by atoms with Crippen LogP contribution in [0.25, 0.3) is 22.3 Å². The lowest BCUT2D eigenvalue weighted by Crippen LogP contribution is -2.20. The molecule has 0 fully saturated rings. The van der Waals surface area contributed by atoms with Crippen LogP contribution in [0.3, 0.4) is 0 Å². The maximum atomic E-state index is 13.6. The number of aromatic nitrogens is 2. The topological polar surface area (TPSA) is 65.7 Å². The van der Waals surface area contributed by atoms with Crippen LogP contribution in [0.15, 0.2) is 87.2 Å². The van der Waals surface area contributed by atoms with Gasteiger partial charge in [0.05, 0.1) is 29.3 Å². The van der Waals surface area contributed by atoms with Gasteiger partial charge in [-0.1, -0.05) is 65.1 Å². The summed E-state index contributed by atoms with van der Waals surface area (Å²) in [4.78, 5) is 18.0. The van der Waals surface area contributed by atoms with Crippen LogP contribution in [0.5, 0.6) is 11.5 Å². The number of fused-ring (bicyclic) bond motifs is 1. The molecule has 0 bridgehead atoms. The van der Waals surface area contributed by atoms with Crippen molar-refractivity contribution in [1.82, 2.24) is 9.66 Å². The van der Waals surface area contributed by atoms with E-state index in [2.05, 4.69) is 26.0 Å². The van der Waals surface area contributed by atoms with Gasteiger partial charge in [0.25, 0.3) is 5.56 Å². The molecule has 6 nitrogen and oxygen atoms in total. The van der Waals surface area contributed by atoms with Crippen LogP contribution in [-0.4, -0.2) is 22.5 Å². The minimum absolute atomic E-state index is 0.0524. The number of nitrogens with zero attached hydrogens (tertiary/aromatic N) is 3. The van der Waals surface area contributed by atoms with E-state index in [1.807, 2.05) is 0 Å². The monoisotopic (exact) mass is 723 g/mol. The molecule has 4 aromatic carbocycles. The van der Waals surface area contributed by atoms with Crippen molar-refractivity contribution < 1.29 is 22.6 Å². The van der Waals surface area contributed by atoms with Gasteiger partial charge in [0.15, 0.2) is 17.3 Å². The van der Waals surface area contributed by atoms with Crippen LogP contribution >= 0.6 is 50.7 Å². The second-order valence-corrected chi connectivity index (χ2v) is 11.3. The van der Waals surface area contributed by atoms with Crippen LogP contribution in [0, 0.1) is 0 Å². The van der Waals surface area contributed by atoms with Gasteiger partial charge < -0.3 is 9.47 Å². The molecule has 0 aliphatic carbocycles. The first kappa shape index (κ1) is 31.8. The van der Waals surface area contributed by atoms with Crippen molar-refractivity contribution in [3.05, 3.63) is 119 Å². The van der Waals surface area contributed by atoms with Crippen molar-refractivity contribution in [2.75, 3.05) is 6.61 Å². The summed E-state index contributed by atoms with van der Waals surface area (Å²) in [6.07, 6.45) is -3.27. The zero-order chi connectivity index (χ0) is 31.6. The first-order valence-electron chi connectivity index (χ1n) is 12.9. The van der Waals surface area contributed by atoms with Crippen molar-refractivity contribution in [2.45, 2.75) is 19.7 Å². The van der Waals surface area contributed by atoms with Crippen LogP contribution in [0.1, 0.15) is 23.6 Å². The third-order valence-electron chi connectivity index (χ3n) is 6.36. The van der Waals surface area contributed by atoms with E-state index in [0.717, 1.165) is 16.8 Å². The summed E-state index contributed by atoms with van der Waals surface area (Å²) in [7, 11) is 0. The zero-order valence-electron chi connectivity index (χ0n) is 22.6. The Kier molecular flexibility index (Phi) is 9.55. The third-order valence-corrected chi connectivity index (χ3v) is 8.39. The molecule has 0 aliphatic heterocycles. The average Bonchev–Trinajstić information content (AvgIpc) is 2.99. The van der Waals surface area contributed by atoms with Crippen molar-refractivity contribution >= 4 is 67.9 Å². The number of para-hydroxylation sites is 1. The molecule has 0 aliphatic rings. The molecule has 0 unspecified atom stereocenters. The summed E-state index contributed by atoms with van der Waals surface area (Å²) < 4.78 is 53.7. The highest BCUT2D eigenvalue weighted by Gasteiger charge is 2.31. The SMILES string of the molecule is CCOc1cc(C=Nn2c(-c3cccc(C(F)(F)F)c3)nc3ccccc3c2=O)c(Br)c(Cl)c1OCc1ccc(Cl)cc1Cl. The van der Waals surface area contributed by atoms with Gasteiger partial charge in [-0.25, -0.2) is 4.98 Å². The lowest BCUT2D eigenvalue weighted by Gasteiger charge is -2.17. The van der Waals surface area contributed by atoms with E-state index in [4.69, 9.17) is 44.3 Å². The van der Waals surface area contributed by atoms with Gasteiger partial charge in [0.2, 0.25) is 0 Å². The molecule has 0 atom stereocenters. The van der Waals surface area contributed by atoms with E-state index in [1.54, 1.807) is 55.5 Å². The molecule has 0 amide bonds. The van der Waals surface area contributed by atoms with Crippen LogP contribution in [0.4, 0.5) is 13.2 Å². The molecule has 5 rings (SSSR count). The van der Waals surface area contributed by atoms with E-state index >= 15 is 0 Å². The summed E-state index contributed by atoms with van der Waals surface area (Å²) in [5, 5.41) is 5.65. The standard InChI is InChI=1S/C31H20BrCl3F3N3O3/c1-2-43-25-13-19(26(32)27(35)28(25)44-16-18-10-11-21(33)14-23(18)34)15-39-41-29(17-6-5-7-20(12-17)31(36,37)38)40-24-9-4-3-8-22(24)30(41)42/h3-15H,2,16H2,1H3. The van der Waals surface area contributed by atoms with Gasteiger partial charge in [0.1, 0.15) is 11.6 Å². The molecule has 5 aromatic rings. The van der Waals surface area contributed by atoms with Crippen molar-refractivity contribution in [2.24, 2.45) is 5.10 Å². The molecule has 13 heteroatoms. The number of hydrogen-bond acceptors (Lipinski definition) is 5. The van der Waals surface area contributed by atoms with Gasteiger partial charge in [-0.15, -0.1) is 0 Å².